The van der Waals surface area contributed by atoms with Crippen molar-refractivity contribution in [2.45, 2.75) is 18.9 Å². The molecule has 84 valence electrons. The Morgan fingerprint density at radius 2 is 2.19 bits per heavy atom. The summed E-state index contributed by atoms with van der Waals surface area (Å²) in [5, 5.41) is 0. The molecule has 1 saturated carbocycles. The van der Waals surface area contributed by atoms with Gasteiger partial charge in [0.15, 0.2) is 0 Å². The van der Waals surface area contributed by atoms with Crippen molar-refractivity contribution in [3.8, 4) is 0 Å². The number of halogens is 1. The Balaban J connectivity index is 2.31. The molecule has 0 spiro atoms. The summed E-state index contributed by atoms with van der Waals surface area (Å²) < 4.78 is 13.3. The van der Waals surface area contributed by atoms with E-state index in [4.69, 9.17) is 0 Å². The highest BCUT2D eigenvalue weighted by atomic mass is 19.1. The maximum Gasteiger partial charge on any atom is 0.150 e. The fourth-order valence-electron chi connectivity index (χ4n) is 1.82. The first-order valence-electron chi connectivity index (χ1n) is 5.38. The van der Waals surface area contributed by atoms with Gasteiger partial charge >= 0.3 is 0 Å². The molecule has 0 bridgehead atoms. The Morgan fingerprint density at radius 3 is 2.75 bits per heavy atom. The molecule has 1 aliphatic carbocycles. The van der Waals surface area contributed by atoms with Gasteiger partial charge in [-0.05, 0) is 31.0 Å². The van der Waals surface area contributed by atoms with E-state index in [2.05, 4.69) is 11.5 Å². The average molecular weight is 219 g/mol. The summed E-state index contributed by atoms with van der Waals surface area (Å²) in [5.74, 6) is -0.366. The third-order valence-corrected chi connectivity index (χ3v) is 2.69. The molecule has 2 rings (SSSR count). The highest BCUT2D eigenvalue weighted by Crippen LogP contribution is 2.32. The minimum Gasteiger partial charge on any atom is -0.365 e. The monoisotopic (exact) mass is 219 g/mol. The zero-order chi connectivity index (χ0) is 11.5. The standard InChI is InChI=1S/C13H14FNO/c1-2-5-15(12-3-4-12)13-7-10(9-16)6-11(14)8-13/h2,6-9,12H,1,3-5H2. The van der Waals surface area contributed by atoms with Crippen molar-refractivity contribution in [2.24, 2.45) is 0 Å². The van der Waals surface area contributed by atoms with Crippen LogP contribution in [0.15, 0.2) is 30.9 Å². The molecular weight excluding hydrogens is 205 g/mol. The molecule has 16 heavy (non-hydrogen) atoms. The Kier molecular flexibility index (Phi) is 3.04. The molecule has 0 aromatic heterocycles. The largest absolute Gasteiger partial charge is 0.365 e. The van der Waals surface area contributed by atoms with Crippen LogP contribution in [0.2, 0.25) is 0 Å². The molecule has 1 fully saturated rings. The summed E-state index contributed by atoms with van der Waals surface area (Å²) in [5.41, 5.74) is 1.15. The topological polar surface area (TPSA) is 20.3 Å². The predicted molar refractivity (Wildman–Crippen MR) is 62.4 cm³/mol. The van der Waals surface area contributed by atoms with Gasteiger partial charge in [0.2, 0.25) is 0 Å². The molecule has 0 N–H and O–H groups in total. The number of anilines is 1. The third kappa shape index (κ3) is 2.30. The van der Waals surface area contributed by atoms with Gasteiger partial charge in [-0.3, -0.25) is 4.79 Å². The lowest BCUT2D eigenvalue weighted by atomic mass is 10.2. The minimum absolute atomic E-state index is 0.366. The molecule has 3 heteroatoms. The van der Waals surface area contributed by atoms with E-state index >= 15 is 0 Å². The van der Waals surface area contributed by atoms with Crippen LogP contribution >= 0.6 is 0 Å². The molecule has 2 nitrogen and oxygen atoms in total. The number of carbonyl (C=O) groups excluding carboxylic acids is 1. The van der Waals surface area contributed by atoms with Crippen molar-refractivity contribution < 1.29 is 9.18 Å². The van der Waals surface area contributed by atoms with Gasteiger partial charge in [-0.1, -0.05) is 6.08 Å². The smallest absolute Gasteiger partial charge is 0.150 e. The first-order chi connectivity index (χ1) is 7.74. The van der Waals surface area contributed by atoms with Crippen LogP contribution in [-0.4, -0.2) is 18.9 Å². The zero-order valence-corrected chi connectivity index (χ0v) is 9.03. The zero-order valence-electron chi connectivity index (χ0n) is 9.03. The quantitative estimate of drug-likeness (QED) is 0.560. The number of hydrogen-bond acceptors (Lipinski definition) is 2. The van der Waals surface area contributed by atoms with Crippen LogP contribution in [0.5, 0.6) is 0 Å². The third-order valence-electron chi connectivity index (χ3n) is 2.69. The van der Waals surface area contributed by atoms with Gasteiger partial charge in [0.1, 0.15) is 12.1 Å². The highest BCUT2D eigenvalue weighted by molar-refractivity contribution is 5.77. The van der Waals surface area contributed by atoms with Crippen LogP contribution < -0.4 is 4.90 Å². The Morgan fingerprint density at radius 1 is 1.44 bits per heavy atom. The lowest BCUT2D eigenvalue weighted by Crippen LogP contribution is -2.25. The summed E-state index contributed by atoms with van der Waals surface area (Å²) in [7, 11) is 0. The summed E-state index contributed by atoms with van der Waals surface area (Å²) in [6.45, 7) is 4.38. The summed E-state index contributed by atoms with van der Waals surface area (Å²) in [4.78, 5) is 12.8. The molecule has 0 aliphatic heterocycles. The van der Waals surface area contributed by atoms with Crippen molar-refractivity contribution in [3.05, 3.63) is 42.2 Å². The Bertz CT molecular complexity index is 412. The first-order valence-corrected chi connectivity index (χ1v) is 5.38. The molecule has 0 heterocycles. The number of nitrogens with zero attached hydrogens (tertiary/aromatic N) is 1. The lowest BCUT2D eigenvalue weighted by Gasteiger charge is -2.23. The summed E-state index contributed by atoms with van der Waals surface area (Å²) in [6.07, 6.45) is 4.72. The molecular formula is C13H14FNO. The summed E-state index contributed by atoms with van der Waals surface area (Å²) >= 11 is 0. The van der Waals surface area contributed by atoms with Crippen molar-refractivity contribution in [1.29, 1.82) is 0 Å². The van der Waals surface area contributed by atoms with Crippen LogP contribution in [-0.2, 0) is 0 Å². The van der Waals surface area contributed by atoms with E-state index in [1.165, 1.54) is 12.1 Å². The average Bonchev–Trinajstić information content (AvgIpc) is 3.08. The number of aldehydes is 1. The number of rotatable bonds is 5. The van der Waals surface area contributed by atoms with E-state index < -0.39 is 0 Å². The van der Waals surface area contributed by atoms with Gasteiger partial charge in [0.05, 0.1) is 0 Å². The van der Waals surface area contributed by atoms with E-state index in [1.54, 1.807) is 12.1 Å². The fourth-order valence-corrected chi connectivity index (χ4v) is 1.82. The second kappa shape index (κ2) is 4.47. The maximum atomic E-state index is 13.3. The molecule has 0 radical (unpaired) electrons. The van der Waals surface area contributed by atoms with Crippen LogP contribution in [0.4, 0.5) is 10.1 Å². The Labute approximate surface area is 94.4 Å². The van der Waals surface area contributed by atoms with E-state index in [9.17, 15) is 9.18 Å². The van der Waals surface area contributed by atoms with Crippen LogP contribution in [0.25, 0.3) is 0 Å². The van der Waals surface area contributed by atoms with Crippen molar-refractivity contribution in [3.63, 3.8) is 0 Å². The van der Waals surface area contributed by atoms with E-state index in [0.29, 0.717) is 24.4 Å². The van der Waals surface area contributed by atoms with E-state index in [0.717, 1.165) is 18.5 Å². The second-order valence-corrected chi connectivity index (χ2v) is 4.03. The molecule has 0 saturated heterocycles. The first kappa shape index (κ1) is 10.9. The van der Waals surface area contributed by atoms with Crippen LogP contribution in [0.1, 0.15) is 23.2 Å². The van der Waals surface area contributed by atoms with Crippen LogP contribution in [0, 0.1) is 5.82 Å². The molecule has 1 aliphatic rings. The van der Waals surface area contributed by atoms with Gasteiger partial charge in [0, 0.05) is 23.8 Å². The number of hydrogen-bond donors (Lipinski definition) is 0. The summed E-state index contributed by atoms with van der Waals surface area (Å²) in [6, 6.07) is 4.90. The predicted octanol–water partition coefficient (Wildman–Crippen LogP) is 2.79. The maximum absolute atomic E-state index is 13.3. The second-order valence-electron chi connectivity index (χ2n) is 4.03. The normalized spacial score (nSPS) is 14.6. The van der Waals surface area contributed by atoms with Crippen LogP contribution in [0.3, 0.4) is 0 Å². The van der Waals surface area contributed by atoms with Gasteiger partial charge in [-0.25, -0.2) is 4.39 Å². The molecule has 1 aromatic carbocycles. The van der Waals surface area contributed by atoms with Crippen molar-refractivity contribution in [2.75, 3.05) is 11.4 Å². The Hall–Kier alpha value is -1.64. The number of carbonyl (C=O) groups is 1. The molecule has 0 amide bonds. The van der Waals surface area contributed by atoms with Gasteiger partial charge in [0.25, 0.3) is 0 Å². The molecule has 0 unspecified atom stereocenters. The molecule has 0 atom stereocenters. The van der Waals surface area contributed by atoms with Gasteiger partial charge in [-0.15, -0.1) is 6.58 Å². The number of benzene rings is 1. The molecule has 1 aromatic rings. The highest BCUT2D eigenvalue weighted by Gasteiger charge is 2.28. The van der Waals surface area contributed by atoms with Crippen molar-refractivity contribution >= 4 is 12.0 Å². The lowest BCUT2D eigenvalue weighted by molar-refractivity contribution is 0.112. The van der Waals surface area contributed by atoms with Crippen molar-refractivity contribution in [1.82, 2.24) is 0 Å². The van der Waals surface area contributed by atoms with E-state index in [1.807, 2.05) is 0 Å². The van der Waals surface area contributed by atoms with Gasteiger partial charge in [-0.2, -0.15) is 0 Å². The van der Waals surface area contributed by atoms with Gasteiger partial charge < -0.3 is 4.90 Å². The van der Waals surface area contributed by atoms with E-state index in [-0.39, 0.29) is 5.82 Å². The minimum atomic E-state index is -0.366. The SMILES string of the molecule is C=CCN(c1cc(F)cc(C=O)c1)C1CC1. The fraction of sp³-hybridized carbons (Fsp3) is 0.308.